The third-order valence-electron chi connectivity index (χ3n) is 4.59. The van der Waals surface area contributed by atoms with E-state index in [2.05, 4.69) is 16.0 Å². The van der Waals surface area contributed by atoms with Gasteiger partial charge in [0.1, 0.15) is 18.8 Å². The van der Waals surface area contributed by atoms with Crippen molar-refractivity contribution in [3.8, 4) is 0 Å². The van der Waals surface area contributed by atoms with Crippen LogP contribution in [0.2, 0.25) is 0 Å². The van der Waals surface area contributed by atoms with Gasteiger partial charge < -0.3 is 25.6 Å². The lowest BCUT2D eigenvalue weighted by Crippen LogP contribution is -2.34. The van der Waals surface area contributed by atoms with Crippen LogP contribution in [0.1, 0.15) is 84.0 Å². The summed E-state index contributed by atoms with van der Waals surface area (Å²) in [6, 6.07) is -1.48. The van der Waals surface area contributed by atoms with Crippen molar-refractivity contribution in [2.75, 3.05) is 19.8 Å². The number of hydrogen-bond acceptors (Lipinski definition) is 8. The monoisotopic (exact) mass is 469 g/mol. The lowest BCUT2D eigenvalue weighted by molar-refractivity contribution is -0.147. The van der Waals surface area contributed by atoms with Crippen molar-refractivity contribution in [2.24, 2.45) is 5.73 Å². The highest BCUT2D eigenvalue weighted by molar-refractivity contribution is 7.47. The smallest absolute Gasteiger partial charge is 0.472 e. The second kappa shape index (κ2) is 18.5. The Hall–Kier alpha value is -1.03. The number of carbonyl (C=O) groups excluding carboxylic acids is 1. The minimum Gasteiger partial charge on any atom is -0.480 e. The van der Waals surface area contributed by atoms with E-state index in [0.717, 1.165) is 12.8 Å². The predicted octanol–water partition coefficient (Wildman–Crippen LogP) is 3.14. The number of hydrogen-bond donors (Lipinski definition) is 4. The Morgan fingerprint density at radius 3 is 1.87 bits per heavy atom. The summed E-state index contributed by atoms with van der Waals surface area (Å²) in [7, 11) is -4.57. The highest BCUT2D eigenvalue weighted by atomic mass is 31.2. The number of unbranched alkanes of at least 4 members (excludes halogenated alkanes) is 10. The number of rotatable bonds is 21. The third kappa shape index (κ3) is 19.4. The van der Waals surface area contributed by atoms with E-state index >= 15 is 0 Å². The first-order chi connectivity index (χ1) is 14.7. The fraction of sp³-hybridized carbons (Fsp3) is 0.900. The van der Waals surface area contributed by atoms with E-state index in [9.17, 15) is 24.2 Å². The van der Waals surface area contributed by atoms with Gasteiger partial charge in [-0.15, -0.1) is 0 Å². The topological polar surface area (TPSA) is 166 Å². The number of phosphoric acid groups is 1. The van der Waals surface area contributed by atoms with Gasteiger partial charge in [0.05, 0.1) is 13.2 Å². The predicted molar refractivity (Wildman–Crippen MR) is 115 cm³/mol. The number of aliphatic hydroxyl groups excluding tert-OH is 1. The zero-order chi connectivity index (χ0) is 23.5. The van der Waals surface area contributed by atoms with E-state index in [1.807, 2.05) is 0 Å². The van der Waals surface area contributed by atoms with Gasteiger partial charge in [0.2, 0.25) is 0 Å². The SMILES string of the molecule is CCCCCCCCCCCCCC(=O)OC[C@@H](O)COP(=O)(O)OCC(N)C(=O)O. The molecule has 0 aromatic heterocycles. The van der Waals surface area contributed by atoms with Crippen molar-refractivity contribution < 1.29 is 43.0 Å². The van der Waals surface area contributed by atoms with E-state index in [-0.39, 0.29) is 13.0 Å². The Morgan fingerprint density at radius 1 is 0.871 bits per heavy atom. The van der Waals surface area contributed by atoms with Crippen LogP contribution in [0.25, 0.3) is 0 Å². The molecule has 10 nitrogen and oxygen atoms in total. The second-order valence-corrected chi connectivity index (χ2v) is 9.08. The molecule has 0 saturated heterocycles. The van der Waals surface area contributed by atoms with E-state index in [4.69, 9.17) is 15.6 Å². The van der Waals surface area contributed by atoms with Crippen LogP contribution in [0.15, 0.2) is 0 Å². The fourth-order valence-electron chi connectivity index (χ4n) is 2.71. The van der Waals surface area contributed by atoms with Crippen LogP contribution in [0.3, 0.4) is 0 Å². The molecule has 2 unspecified atom stereocenters. The molecule has 0 bridgehead atoms. The van der Waals surface area contributed by atoms with E-state index in [1.165, 1.54) is 51.4 Å². The first-order valence-corrected chi connectivity index (χ1v) is 12.6. The number of carboxylic acid groups (broad SMARTS) is 1. The molecule has 31 heavy (non-hydrogen) atoms. The molecule has 0 aromatic rings. The molecular weight excluding hydrogens is 429 g/mol. The van der Waals surface area contributed by atoms with E-state index in [0.29, 0.717) is 6.42 Å². The normalized spacial score (nSPS) is 15.2. The molecule has 3 atom stereocenters. The first kappa shape index (κ1) is 30.0. The number of carbonyl (C=O) groups is 2. The maximum Gasteiger partial charge on any atom is 0.472 e. The highest BCUT2D eigenvalue weighted by Crippen LogP contribution is 2.43. The highest BCUT2D eigenvalue weighted by Gasteiger charge is 2.26. The largest absolute Gasteiger partial charge is 0.480 e. The number of aliphatic hydroxyl groups is 1. The average Bonchev–Trinajstić information content (AvgIpc) is 2.72. The average molecular weight is 470 g/mol. The molecule has 0 radical (unpaired) electrons. The molecule has 0 heterocycles. The maximum absolute atomic E-state index is 11.7. The van der Waals surface area contributed by atoms with Crippen molar-refractivity contribution in [3.63, 3.8) is 0 Å². The van der Waals surface area contributed by atoms with Crippen molar-refractivity contribution in [1.29, 1.82) is 0 Å². The minimum absolute atomic E-state index is 0.249. The lowest BCUT2D eigenvalue weighted by atomic mass is 10.1. The Kier molecular flexibility index (Phi) is 17.9. The van der Waals surface area contributed by atoms with Gasteiger partial charge >= 0.3 is 19.8 Å². The van der Waals surface area contributed by atoms with E-state index < -0.39 is 45.1 Å². The van der Waals surface area contributed by atoms with Gasteiger partial charge in [0, 0.05) is 6.42 Å². The summed E-state index contributed by atoms with van der Waals surface area (Å²) in [6.45, 7) is 0.476. The molecule has 11 heteroatoms. The van der Waals surface area contributed by atoms with Crippen LogP contribution in [0, 0.1) is 0 Å². The molecule has 184 valence electrons. The third-order valence-corrected chi connectivity index (χ3v) is 5.54. The fourth-order valence-corrected chi connectivity index (χ4v) is 3.49. The summed E-state index contributed by atoms with van der Waals surface area (Å²) in [5.74, 6) is -1.85. The number of phosphoric ester groups is 1. The molecule has 0 aliphatic rings. The van der Waals surface area contributed by atoms with Gasteiger partial charge in [0.15, 0.2) is 0 Å². The van der Waals surface area contributed by atoms with Gasteiger partial charge in [-0.2, -0.15) is 0 Å². The minimum atomic E-state index is -4.57. The van der Waals surface area contributed by atoms with Crippen molar-refractivity contribution in [2.45, 2.75) is 96.1 Å². The Morgan fingerprint density at radius 2 is 1.35 bits per heavy atom. The van der Waals surface area contributed by atoms with Crippen molar-refractivity contribution in [3.05, 3.63) is 0 Å². The number of nitrogens with two attached hydrogens (primary N) is 1. The van der Waals surface area contributed by atoms with Gasteiger partial charge in [-0.1, -0.05) is 71.1 Å². The summed E-state index contributed by atoms with van der Waals surface area (Å²) >= 11 is 0. The molecule has 0 aromatic carbocycles. The van der Waals surface area contributed by atoms with Gasteiger partial charge in [-0.25, -0.2) is 4.57 Å². The van der Waals surface area contributed by atoms with Crippen LogP contribution >= 0.6 is 7.82 Å². The molecule has 0 aliphatic heterocycles. The van der Waals surface area contributed by atoms with Crippen LogP contribution in [0.5, 0.6) is 0 Å². The van der Waals surface area contributed by atoms with Crippen molar-refractivity contribution in [1.82, 2.24) is 0 Å². The Labute approximate surface area is 185 Å². The van der Waals surface area contributed by atoms with Crippen LogP contribution in [-0.2, 0) is 27.9 Å². The summed E-state index contributed by atoms with van der Waals surface area (Å²) < 4.78 is 25.4. The van der Waals surface area contributed by atoms with E-state index in [1.54, 1.807) is 0 Å². The second-order valence-electron chi connectivity index (χ2n) is 7.63. The number of carboxylic acids is 1. The molecule has 0 amide bonds. The number of esters is 1. The quantitative estimate of drug-likeness (QED) is 0.111. The molecule has 0 fully saturated rings. The molecule has 5 N–H and O–H groups in total. The lowest BCUT2D eigenvalue weighted by Gasteiger charge is -2.16. The Bertz CT molecular complexity index is 533. The summed E-state index contributed by atoms with van der Waals surface area (Å²) in [4.78, 5) is 31.6. The van der Waals surface area contributed by atoms with Crippen molar-refractivity contribution >= 4 is 19.8 Å². The first-order valence-electron chi connectivity index (χ1n) is 11.1. The van der Waals surface area contributed by atoms with Gasteiger partial charge in [-0.3, -0.25) is 18.6 Å². The molecule has 0 saturated carbocycles. The van der Waals surface area contributed by atoms with Crippen LogP contribution in [0.4, 0.5) is 0 Å². The van der Waals surface area contributed by atoms with Gasteiger partial charge in [-0.05, 0) is 6.42 Å². The number of aliphatic carboxylic acids is 1. The Balaban J connectivity index is 3.66. The molecule has 0 spiro atoms. The standard InChI is InChI=1S/C20H40NO9P/c1-2-3-4-5-6-7-8-9-10-11-12-13-19(23)28-14-17(22)15-29-31(26,27)30-16-18(21)20(24)25/h17-18,22H,2-16,21H2,1H3,(H,24,25)(H,26,27)/t17-,18?/m1/s1. The zero-order valence-electron chi connectivity index (χ0n) is 18.6. The molecule has 0 aliphatic carbocycles. The summed E-state index contributed by atoms with van der Waals surface area (Å²) in [5, 5.41) is 18.3. The molecular formula is C20H40NO9P. The van der Waals surface area contributed by atoms with Crippen LogP contribution < -0.4 is 5.73 Å². The molecule has 0 rings (SSSR count). The number of ether oxygens (including phenoxy) is 1. The van der Waals surface area contributed by atoms with Crippen LogP contribution in [-0.4, -0.2) is 59.0 Å². The summed E-state index contributed by atoms with van der Waals surface area (Å²) in [6.07, 6.45) is 11.9. The van der Waals surface area contributed by atoms with Gasteiger partial charge in [0.25, 0.3) is 0 Å². The zero-order valence-corrected chi connectivity index (χ0v) is 19.5. The summed E-state index contributed by atoms with van der Waals surface area (Å²) in [5.41, 5.74) is 5.14. The maximum atomic E-state index is 11.7.